The van der Waals surface area contributed by atoms with Crippen LogP contribution in [0.5, 0.6) is 0 Å². The lowest BCUT2D eigenvalue weighted by atomic mass is 10.1. The van der Waals surface area contributed by atoms with E-state index in [0.29, 0.717) is 18.7 Å². The van der Waals surface area contributed by atoms with Crippen LogP contribution in [0.3, 0.4) is 0 Å². The molecule has 2 rings (SSSR count). The number of carbonyl (C=O) groups is 1. The monoisotopic (exact) mass is 304 g/mol. The third kappa shape index (κ3) is 3.94. The van der Waals surface area contributed by atoms with Crippen molar-refractivity contribution in [3.63, 3.8) is 0 Å². The third-order valence-electron chi connectivity index (χ3n) is 3.65. The summed E-state index contributed by atoms with van der Waals surface area (Å²) in [5.74, 6) is 0.534. The maximum Gasteiger partial charge on any atom is 0.225 e. The summed E-state index contributed by atoms with van der Waals surface area (Å²) in [5.41, 5.74) is 4.21. The van der Waals surface area contributed by atoms with Crippen LogP contribution in [0.4, 0.5) is 5.82 Å². The summed E-state index contributed by atoms with van der Waals surface area (Å²) in [6, 6.07) is 1.86. The Bertz CT molecular complexity index is 655. The normalized spacial score (nSPS) is 11.2. The molecule has 0 saturated carbocycles. The number of hydrogen-bond acceptors (Lipinski definition) is 4. The Morgan fingerprint density at radius 2 is 2.14 bits per heavy atom. The number of rotatable bonds is 6. The molecule has 0 bridgehead atoms. The van der Waals surface area contributed by atoms with Crippen LogP contribution in [0.1, 0.15) is 29.1 Å². The first-order chi connectivity index (χ1) is 10.4. The van der Waals surface area contributed by atoms with Gasteiger partial charge in [-0.3, -0.25) is 14.6 Å². The van der Waals surface area contributed by atoms with E-state index in [-0.39, 0.29) is 5.91 Å². The number of nitrogens with zero attached hydrogens (tertiary/aromatic N) is 4. The van der Waals surface area contributed by atoms with E-state index < -0.39 is 0 Å². The fourth-order valence-corrected chi connectivity index (χ4v) is 2.47. The SMILES string of the molecule is Cc1nn(C)c(C)c1CCC(=O)Nc1cc(CN(C)C)[nH]n1. The van der Waals surface area contributed by atoms with Crippen molar-refractivity contribution in [3.8, 4) is 0 Å². The lowest BCUT2D eigenvalue weighted by molar-refractivity contribution is -0.116. The number of aromatic amines is 1. The topological polar surface area (TPSA) is 78.8 Å². The molecule has 0 spiro atoms. The quantitative estimate of drug-likeness (QED) is 0.845. The van der Waals surface area contributed by atoms with Gasteiger partial charge in [0.25, 0.3) is 0 Å². The summed E-state index contributed by atoms with van der Waals surface area (Å²) in [7, 11) is 5.89. The smallest absolute Gasteiger partial charge is 0.225 e. The minimum absolute atomic E-state index is 0.0365. The Kier molecular flexibility index (Phi) is 4.97. The predicted octanol–water partition coefficient (Wildman–Crippen LogP) is 1.39. The Morgan fingerprint density at radius 1 is 1.41 bits per heavy atom. The molecule has 120 valence electrons. The molecule has 0 aliphatic carbocycles. The van der Waals surface area contributed by atoms with Gasteiger partial charge in [0.1, 0.15) is 0 Å². The average Bonchev–Trinajstić information content (AvgIpc) is 2.93. The van der Waals surface area contributed by atoms with Gasteiger partial charge in [-0.2, -0.15) is 10.2 Å². The molecule has 0 saturated heterocycles. The van der Waals surface area contributed by atoms with Crippen LogP contribution in [0.25, 0.3) is 0 Å². The van der Waals surface area contributed by atoms with E-state index in [1.54, 1.807) is 0 Å². The number of anilines is 1. The second-order valence-corrected chi connectivity index (χ2v) is 5.84. The lowest BCUT2D eigenvalue weighted by Gasteiger charge is -2.05. The predicted molar refractivity (Wildman–Crippen MR) is 85.6 cm³/mol. The van der Waals surface area contributed by atoms with Gasteiger partial charge in [0.15, 0.2) is 5.82 Å². The van der Waals surface area contributed by atoms with E-state index in [1.165, 1.54) is 0 Å². The van der Waals surface area contributed by atoms with Gasteiger partial charge in [0, 0.05) is 31.8 Å². The van der Waals surface area contributed by atoms with Gasteiger partial charge in [-0.1, -0.05) is 0 Å². The molecule has 0 aromatic carbocycles. The minimum atomic E-state index is -0.0365. The number of hydrogen-bond donors (Lipinski definition) is 2. The summed E-state index contributed by atoms with van der Waals surface area (Å²) >= 11 is 0. The van der Waals surface area contributed by atoms with E-state index in [2.05, 4.69) is 20.6 Å². The highest BCUT2D eigenvalue weighted by Gasteiger charge is 2.12. The van der Waals surface area contributed by atoms with Crippen molar-refractivity contribution in [2.75, 3.05) is 19.4 Å². The number of H-pyrrole nitrogens is 1. The van der Waals surface area contributed by atoms with E-state index in [4.69, 9.17) is 0 Å². The lowest BCUT2D eigenvalue weighted by Crippen LogP contribution is -2.13. The van der Waals surface area contributed by atoms with E-state index in [9.17, 15) is 4.79 Å². The molecule has 0 fully saturated rings. The van der Waals surface area contributed by atoms with Crippen LogP contribution >= 0.6 is 0 Å². The number of aryl methyl sites for hydroxylation is 2. The molecule has 2 aromatic rings. The molecular weight excluding hydrogens is 280 g/mol. The fraction of sp³-hybridized carbons (Fsp3) is 0.533. The Morgan fingerprint density at radius 3 is 2.73 bits per heavy atom. The number of amides is 1. The molecule has 1 amide bonds. The van der Waals surface area contributed by atoms with Crippen molar-refractivity contribution in [2.24, 2.45) is 7.05 Å². The van der Waals surface area contributed by atoms with E-state index >= 15 is 0 Å². The second-order valence-electron chi connectivity index (χ2n) is 5.84. The van der Waals surface area contributed by atoms with Crippen LogP contribution in [-0.2, 0) is 24.8 Å². The highest BCUT2D eigenvalue weighted by Crippen LogP contribution is 2.15. The van der Waals surface area contributed by atoms with Crippen LogP contribution in [0, 0.1) is 13.8 Å². The zero-order valence-electron chi connectivity index (χ0n) is 13.9. The Labute approximate surface area is 130 Å². The molecule has 2 aromatic heterocycles. The Hall–Kier alpha value is -2.15. The standard InChI is InChI=1S/C15H24N6O/c1-10-13(11(2)21(5)19-10)6-7-15(22)16-14-8-12(17-18-14)9-20(3)4/h8H,6-7,9H2,1-5H3,(H2,16,17,18,22). The average molecular weight is 304 g/mol. The van der Waals surface area contributed by atoms with Crippen molar-refractivity contribution in [1.29, 1.82) is 0 Å². The molecule has 0 radical (unpaired) electrons. The maximum absolute atomic E-state index is 12.0. The van der Waals surface area contributed by atoms with Crippen LogP contribution in [0.2, 0.25) is 0 Å². The van der Waals surface area contributed by atoms with Crippen molar-refractivity contribution < 1.29 is 4.79 Å². The molecule has 0 atom stereocenters. The maximum atomic E-state index is 12.0. The Balaban J connectivity index is 1.89. The number of nitrogens with one attached hydrogen (secondary N) is 2. The van der Waals surface area contributed by atoms with Gasteiger partial charge in [0.2, 0.25) is 5.91 Å². The summed E-state index contributed by atoms with van der Waals surface area (Å²) in [5, 5.41) is 14.2. The van der Waals surface area contributed by atoms with Crippen LogP contribution in [0.15, 0.2) is 6.07 Å². The molecule has 2 heterocycles. The largest absolute Gasteiger partial charge is 0.309 e. The highest BCUT2D eigenvalue weighted by molar-refractivity contribution is 5.89. The highest BCUT2D eigenvalue weighted by atomic mass is 16.1. The van der Waals surface area contributed by atoms with Gasteiger partial charge in [0.05, 0.1) is 11.4 Å². The van der Waals surface area contributed by atoms with Gasteiger partial charge in [-0.05, 0) is 39.9 Å². The molecular formula is C15H24N6O. The van der Waals surface area contributed by atoms with E-state index in [1.807, 2.05) is 50.6 Å². The van der Waals surface area contributed by atoms with Gasteiger partial charge < -0.3 is 10.2 Å². The van der Waals surface area contributed by atoms with Crippen LogP contribution in [-0.4, -0.2) is 44.9 Å². The molecule has 0 aliphatic heterocycles. The molecule has 22 heavy (non-hydrogen) atoms. The van der Waals surface area contributed by atoms with Crippen LogP contribution < -0.4 is 5.32 Å². The third-order valence-corrected chi connectivity index (χ3v) is 3.65. The van der Waals surface area contributed by atoms with Gasteiger partial charge in [-0.15, -0.1) is 0 Å². The first kappa shape index (κ1) is 16.2. The van der Waals surface area contributed by atoms with Crippen molar-refractivity contribution in [2.45, 2.75) is 33.2 Å². The number of aromatic nitrogens is 4. The van der Waals surface area contributed by atoms with Gasteiger partial charge >= 0.3 is 0 Å². The molecule has 2 N–H and O–H groups in total. The number of carbonyl (C=O) groups excluding carboxylic acids is 1. The molecule has 7 nitrogen and oxygen atoms in total. The summed E-state index contributed by atoms with van der Waals surface area (Å²) < 4.78 is 1.85. The van der Waals surface area contributed by atoms with Crippen molar-refractivity contribution in [3.05, 3.63) is 28.7 Å². The van der Waals surface area contributed by atoms with Crippen molar-refractivity contribution >= 4 is 11.7 Å². The molecule has 0 aliphatic rings. The zero-order chi connectivity index (χ0) is 16.3. The second kappa shape index (κ2) is 6.74. The summed E-state index contributed by atoms with van der Waals surface area (Å²) in [4.78, 5) is 14.1. The molecule has 0 unspecified atom stereocenters. The summed E-state index contributed by atoms with van der Waals surface area (Å²) in [6.45, 7) is 4.76. The van der Waals surface area contributed by atoms with E-state index in [0.717, 1.165) is 29.2 Å². The first-order valence-corrected chi connectivity index (χ1v) is 7.34. The summed E-state index contributed by atoms with van der Waals surface area (Å²) in [6.07, 6.45) is 1.11. The minimum Gasteiger partial charge on any atom is -0.309 e. The first-order valence-electron chi connectivity index (χ1n) is 7.34. The van der Waals surface area contributed by atoms with Gasteiger partial charge in [-0.25, -0.2) is 0 Å². The fourth-order valence-electron chi connectivity index (χ4n) is 2.47. The zero-order valence-corrected chi connectivity index (χ0v) is 13.9. The molecule has 7 heteroatoms. The van der Waals surface area contributed by atoms with Crippen molar-refractivity contribution in [1.82, 2.24) is 24.9 Å².